The molecule has 3 rings (SSSR count). The highest BCUT2D eigenvalue weighted by Gasteiger charge is 2.19. The number of fused-ring (bicyclic) bond motifs is 1. The number of carboxylic acid groups (broad SMARTS) is 1. The summed E-state index contributed by atoms with van der Waals surface area (Å²) in [5.74, 6) is 0.239. The van der Waals surface area contributed by atoms with Gasteiger partial charge in [-0.1, -0.05) is 60.1 Å². The number of halogens is 1. The number of hydrogen-bond donors (Lipinski definition) is 2. The van der Waals surface area contributed by atoms with Crippen LogP contribution in [0.1, 0.15) is 19.5 Å². The lowest BCUT2D eigenvalue weighted by Crippen LogP contribution is -2.31. The van der Waals surface area contributed by atoms with Crippen molar-refractivity contribution in [2.24, 2.45) is 5.92 Å². The Morgan fingerprint density at radius 3 is 2.48 bits per heavy atom. The highest BCUT2D eigenvalue weighted by Crippen LogP contribution is 2.32. The zero-order chi connectivity index (χ0) is 19.6. The summed E-state index contributed by atoms with van der Waals surface area (Å²) in [6.07, 6.45) is -1.12. The van der Waals surface area contributed by atoms with Crippen LogP contribution >= 0.6 is 15.9 Å². The molecule has 0 fully saturated rings. The second-order valence-electron chi connectivity index (χ2n) is 6.85. The van der Waals surface area contributed by atoms with E-state index in [-0.39, 0.29) is 18.0 Å². The van der Waals surface area contributed by atoms with Crippen molar-refractivity contribution in [2.45, 2.75) is 26.9 Å². The van der Waals surface area contributed by atoms with E-state index in [4.69, 9.17) is 5.11 Å². The zero-order valence-corrected chi connectivity index (χ0v) is 16.8. The molecule has 0 saturated heterocycles. The van der Waals surface area contributed by atoms with Crippen molar-refractivity contribution >= 4 is 32.8 Å². The van der Waals surface area contributed by atoms with Crippen LogP contribution in [0.25, 0.3) is 21.9 Å². The number of hydrogen-bond acceptors (Lipinski definition) is 2. The molecule has 1 amide bonds. The lowest BCUT2D eigenvalue weighted by molar-refractivity contribution is 0.193. The molecule has 1 heterocycles. The third-order valence-electron chi connectivity index (χ3n) is 4.36. The number of rotatable bonds is 5. The minimum absolute atomic E-state index is 0.0595. The van der Waals surface area contributed by atoms with Crippen LogP contribution in [0.2, 0.25) is 0 Å². The van der Waals surface area contributed by atoms with Gasteiger partial charge in [-0.2, -0.15) is 0 Å². The summed E-state index contributed by atoms with van der Waals surface area (Å²) in [6, 6.07) is 15.3. The van der Waals surface area contributed by atoms with Crippen molar-refractivity contribution < 1.29 is 9.90 Å². The molecule has 0 bridgehead atoms. The van der Waals surface area contributed by atoms with Crippen molar-refractivity contribution in [3.05, 3.63) is 69.1 Å². The number of nitrogens with one attached hydrogen (secondary N) is 1. The van der Waals surface area contributed by atoms with E-state index >= 15 is 0 Å². The van der Waals surface area contributed by atoms with E-state index in [1.54, 1.807) is 4.57 Å². The quantitative estimate of drug-likeness (QED) is 0.609. The molecule has 1 aromatic heterocycles. The van der Waals surface area contributed by atoms with Gasteiger partial charge in [-0.15, -0.1) is 0 Å². The predicted octanol–water partition coefficient (Wildman–Crippen LogP) is 4.85. The second-order valence-corrected chi connectivity index (χ2v) is 7.76. The first-order valence-corrected chi connectivity index (χ1v) is 9.55. The van der Waals surface area contributed by atoms with Crippen LogP contribution in [0.3, 0.4) is 0 Å². The van der Waals surface area contributed by atoms with Crippen LogP contribution < -0.4 is 10.9 Å². The molecule has 2 aromatic carbocycles. The third-order valence-corrected chi connectivity index (χ3v) is 4.85. The maximum Gasteiger partial charge on any atom is 0.404 e. The Morgan fingerprint density at radius 1 is 1.15 bits per heavy atom. The first-order valence-electron chi connectivity index (χ1n) is 8.75. The Bertz CT molecular complexity index is 1040. The van der Waals surface area contributed by atoms with E-state index in [0.717, 1.165) is 21.0 Å². The topological polar surface area (TPSA) is 71.3 Å². The Morgan fingerprint density at radius 2 is 1.85 bits per heavy atom. The van der Waals surface area contributed by atoms with Gasteiger partial charge in [0.05, 0.1) is 6.54 Å². The highest BCUT2D eigenvalue weighted by atomic mass is 79.9. The zero-order valence-electron chi connectivity index (χ0n) is 15.2. The monoisotopic (exact) mass is 428 g/mol. The smallest absolute Gasteiger partial charge is 0.404 e. The summed E-state index contributed by atoms with van der Waals surface area (Å²) in [6.45, 7) is 4.65. The maximum atomic E-state index is 13.2. The Labute approximate surface area is 165 Å². The van der Waals surface area contributed by atoms with Gasteiger partial charge in [0.25, 0.3) is 5.56 Å². The number of benzene rings is 2. The van der Waals surface area contributed by atoms with E-state index in [1.807, 2.05) is 62.4 Å². The van der Waals surface area contributed by atoms with Gasteiger partial charge in [0, 0.05) is 27.7 Å². The molecule has 140 valence electrons. The molecule has 6 heteroatoms. The van der Waals surface area contributed by atoms with E-state index in [0.29, 0.717) is 17.6 Å². The normalized spacial score (nSPS) is 11.1. The molecule has 5 nitrogen and oxygen atoms in total. The first kappa shape index (κ1) is 19.2. The van der Waals surface area contributed by atoms with Crippen molar-refractivity contribution in [3.63, 3.8) is 0 Å². The minimum Gasteiger partial charge on any atom is -0.465 e. The Balaban J connectivity index is 2.43. The molecule has 0 atom stereocenters. The lowest BCUT2D eigenvalue weighted by Gasteiger charge is -2.21. The van der Waals surface area contributed by atoms with E-state index in [2.05, 4.69) is 21.2 Å². The average Bonchev–Trinajstić information content (AvgIpc) is 2.62. The molecule has 0 aliphatic heterocycles. The van der Waals surface area contributed by atoms with Gasteiger partial charge in [-0.25, -0.2) is 4.79 Å². The SMILES string of the molecule is CC(C)Cn1c(CNC(=O)O)c(-c2ccccc2)c2cc(Br)ccc2c1=O. The van der Waals surface area contributed by atoms with Gasteiger partial charge in [-0.3, -0.25) is 4.79 Å². The van der Waals surface area contributed by atoms with Crippen molar-refractivity contribution in [1.82, 2.24) is 9.88 Å². The van der Waals surface area contributed by atoms with Gasteiger partial charge >= 0.3 is 6.09 Å². The fraction of sp³-hybridized carbons (Fsp3) is 0.238. The molecule has 3 aromatic rings. The highest BCUT2D eigenvalue weighted by molar-refractivity contribution is 9.10. The first-order chi connectivity index (χ1) is 12.9. The minimum atomic E-state index is -1.12. The Hall–Kier alpha value is -2.60. The summed E-state index contributed by atoms with van der Waals surface area (Å²) in [7, 11) is 0. The largest absolute Gasteiger partial charge is 0.465 e. The van der Waals surface area contributed by atoms with E-state index in [1.165, 1.54) is 0 Å². The molecular formula is C21H21BrN2O3. The van der Waals surface area contributed by atoms with Gasteiger partial charge in [0.2, 0.25) is 0 Å². The van der Waals surface area contributed by atoms with Gasteiger partial charge in [0.15, 0.2) is 0 Å². The lowest BCUT2D eigenvalue weighted by atomic mass is 9.96. The number of amides is 1. The molecule has 0 radical (unpaired) electrons. The van der Waals surface area contributed by atoms with E-state index < -0.39 is 6.09 Å². The second kappa shape index (κ2) is 7.96. The molecular weight excluding hydrogens is 408 g/mol. The predicted molar refractivity (Wildman–Crippen MR) is 111 cm³/mol. The molecule has 2 N–H and O–H groups in total. The number of carbonyl (C=O) groups is 1. The summed E-state index contributed by atoms with van der Waals surface area (Å²) in [5.41, 5.74) is 2.39. The summed E-state index contributed by atoms with van der Waals surface area (Å²) in [5, 5.41) is 13.0. The molecule has 0 unspecified atom stereocenters. The standard InChI is InChI=1S/C21H21BrN2O3/c1-13(2)12-24-18(11-23-21(26)27)19(14-6-4-3-5-7-14)17-10-15(22)8-9-16(17)20(24)25/h3-10,13,23H,11-12H2,1-2H3,(H,26,27). The number of nitrogens with zero attached hydrogens (tertiary/aromatic N) is 1. The Kier molecular flexibility index (Phi) is 5.65. The van der Waals surface area contributed by atoms with Crippen molar-refractivity contribution in [2.75, 3.05) is 0 Å². The van der Waals surface area contributed by atoms with Crippen molar-refractivity contribution in [3.8, 4) is 11.1 Å². The molecule has 0 saturated carbocycles. The summed E-state index contributed by atoms with van der Waals surface area (Å²) < 4.78 is 2.57. The molecule has 0 aliphatic rings. The van der Waals surface area contributed by atoms with Gasteiger partial charge in [-0.05, 0) is 35.1 Å². The van der Waals surface area contributed by atoms with Crippen LogP contribution in [0.15, 0.2) is 57.8 Å². The fourth-order valence-electron chi connectivity index (χ4n) is 3.30. The molecule has 0 spiro atoms. The van der Waals surface area contributed by atoms with Crippen LogP contribution in [0.4, 0.5) is 4.79 Å². The summed E-state index contributed by atoms with van der Waals surface area (Å²) >= 11 is 3.49. The van der Waals surface area contributed by atoms with Crippen molar-refractivity contribution in [1.29, 1.82) is 0 Å². The van der Waals surface area contributed by atoms with Gasteiger partial charge < -0.3 is 15.0 Å². The number of aromatic nitrogens is 1. The van der Waals surface area contributed by atoms with Gasteiger partial charge in [0.1, 0.15) is 0 Å². The van der Waals surface area contributed by atoms with Crippen LogP contribution in [-0.2, 0) is 13.1 Å². The fourth-order valence-corrected chi connectivity index (χ4v) is 3.66. The summed E-state index contributed by atoms with van der Waals surface area (Å²) in [4.78, 5) is 24.3. The van der Waals surface area contributed by atoms with Crippen LogP contribution in [0.5, 0.6) is 0 Å². The van der Waals surface area contributed by atoms with Crippen LogP contribution in [-0.4, -0.2) is 15.8 Å². The molecule has 27 heavy (non-hydrogen) atoms. The third kappa shape index (κ3) is 4.06. The number of pyridine rings is 1. The molecule has 0 aliphatic carbocycles. The average molecular weight is 429 g/mol. The van der Waals surface area contributed by atoms with Crippen LogP contribution in [0, 0.1) is 5.92 Å². The maximum absolute atomic E-state index is 13.2. The van der Waals surface area contributed by atoms with E-state index in [9.17, 15) is 9.59 Å².